The van der Waals surface area contributed by atoms with E-state index in [2.05, 4.69) is 15.3 Å². The highest BCUT2D eigenvalue weighted by atomic mass is 32.1. The zero-order valence-electron chi connectivity index (χ0n) is 9.15. The molecule has 0 saturated carbocycles. The maximum Gasteiger partial charge on any atom is 0.225 e. The summed E-state index contributed by atoms with van der Waals surface area (Å²) in [5.41, 5.74) is 2.73. The lowest BCUT2D eigenvalue weighted by atomic mass is 10.3. The van der Waals surface area contributed by atoms with E-state index in [1.165, 1.54) is 22.7 Å². The number of amides is 1. The molecule has 2 heterocycles. The highest BCUT2D eigenvalue weighted by Crippen LogP contribution is 2.15. The Hall–Kier alpha value is -1.05. The molecule has 2 aromatic rings. The van der Waals surface area contributed by atoms with Gasteiger partial charge >= 0.3 is 0 Å². The van der Waals surface area contributed by atoms with E-state index in [9.17, 15) is 4.79 Å². The molecule has 17 heavy (non-hydrogen) atoms. The Morgan fingerprint density at radius 3 is 3.06 bits per heavy atom. The standard InChI is InChI=1S/C10H11N3OS3/c1-6-8(17-10(15)13-6)2-9(14)12-4-7-3-11-5-16-7/h3,5H,2,4H2,1H3,(H,12,14)(H,13,15). The summed E-state index contributed by atoms with van der Waals surface area (Å²) in [6, 6.07) is 0. The number of carbonyl (C=O) groups excluding carboxylic acids is 1. The topological polar surface area (TPSA) is 57.8 Å². The molecule has 0 saturated heterocycles. The van der Waals surface area contributed by atoms with Crippen molar-refractivity contribution >= 4 is 40.8 Å². The Morgan fingerprint density at radius 1 is 1.65 bits per heavy atom. The number of thiazole rings is 2. The molecule has 2 rings (SSSR count). The van der Waals surface area contributed by atoms with Crippen LogP contribution in [-0.4, -0.2) is 15.9 Å². The summed E-state index contributed by atoms with van der Waals surface area (Å²) < 4.78 is 0.716. The zero-order chi connectivity index (χ0) is 12.3. The summed E-state index contributed by atoms with van der Waals surface area (Å²) >= 11 is 8.01. The molecule has 0 fully saturated rings. The van der Waals surface area contributed by atoms with Gasteiger partial charge in [0.15, 0.2) is 3.95 Å². The van der Waals surface area contributed by atoms with E-state index in [4.69, 9.17) is 12.2 Å². The van der Waals surface area contributed by atoms with Crippen LogP contribution in [0.25, 0.3) is 0 Å². The second-order valence-electron chi connectivity index (χ2n) is 3.48. The van der Waals surface area contributed by atoms with Crippen molar-refractivity contribution < 1.29 is 4.79 Å². The predicted molar refractivity (Wildman–Crippen MR) is 71.9 cm³/mol. The summed E-state index contributed by atoms with van der Waals surface area (Å²) in [6.07, 6.45) is 2.14. The van der Waals surface area contributed by atoms with E-state index in [1.54, 1.807) is 11.7 Å². The van der Waals surface area contributed by atoms with Gasteiger partial charge in [0.25, 0.3) is 0 Å². The molecule has 0 aliphatic carbocycles. The van der Waals surface area contributed by atoms with Crippen LogP contribution in [0.5, 0.6) is 0 Å². The minimum Gasteiger partial charge on any atom is -0.351 e. The first kappa shape index (κ1) is 12.4. The Balaban J connectivity index is 1.89. The molecule has 0 aliphatic heterocycles. The average molecular weight is 285 g/mol. The third kappa shape index (κ3) is 3.45. The van der Waals surface area contributed by atoms with Crippen LogP contribution in [0.2, 0.25) is 0 Å². The molecule has 0 radical (unpaired) electrons. The van der Waals surface area contributed by atoms with E-state index < -0.39 is 0 Å². The number of aromatic amines is 1. The van der Waals surface area contributed by atoms with Crippen LogP contribution in [0, 0.1) is 10.9 Å². The first-order chi connectivity index (χ1) is 8.15. The lowest BCUT2D eigenvalue weighted by Crippen LogP contribution is -2.24. The SMILES string of the molecule is Cc1[nH]c(=S)sc1CC(=O)NCc1cncs1. The third-order valence-corrected chi connectivity index (χ3v) is 4.30. The molecule has 4 nitrogen and oxygen atoms in total. The normalized spacial score (nSPS) is 10.4. The Bertz CT molecular complexity index is 556. The first-order valence-electron chi connectivity index (χ1n) is 4.98. The largest absolute Gasteiger partial charge is 0.351 e. The van der Waals surface area contributed by atoms with Gasteiger partial charge in [0, 0.05) is 21.6 Å². The fourth-order valence-corrected chi connectivity index (χ4v) is 3.15. The van der Waals surface area contributed by atoms with Crippen LogP contribution in [-0.2, 0) is 17.8 Å². The Kier molecular flexibility index (Phi) is 4.03. The molecular formula is C10H11N3OS3. The number of aryl methyl sites for hydroxylation is 1. The number of carbonyl (C=O) groups is 1. The van der Waals surface area contributed by atoms with Gasteiger partial charge in [0.1, 0.15) is 0 Å². The van der Waals surface area contributed by atoms with E-state index >= 15 is 0 Å². The number of hydrogen-bond acceptors (Lipinski definition) is 5. The van der Waals surface area contributed by atoms with Crippen molar-refractivity contribution in [3.63, 3.8) is 0 Å². The highest BCUT2D eigenvalue weighted by molar-refractivity contribution is 7.73. The number of nitrogens with one attached hydrogen (secondary N) is 2. The van der Waals surface area contributed by atoms with Gasteiger partial charge in [-0.2, -0.15) is 0 Å². The van der Waals surface area contributed by atoms with Crippen LogP contribution in [0.3, 0.4) is 0 Å². The van der Waals surface area contributed by atoms with Crippen molar-refractivity contribution in [1.29, 1.82) is 0 Å². The van der Waals surface area contributed by atoms with Gasteiger partial charge in [-0.3, -0.25) is 9.78 Å². The van der Waals surface area contributed by atoms with Crippen molar-refractivity contribution in [2.45, 2.75) is 19.9 Å². The smallest absolute Gasteiger partial charge is 0.225 e. The van der Waals surface area contributed by atoms with Gasteiger partial charge in [-0.1, -0.05) is 0 Å². The molecule has 0 aromatic carbocycles. The van der Waals surface area contributed by atoms with Crippen molar-refractivity contribution in [2.24, 2.45) is 0 Å². The number of hydrogen-bond donors (Lipinski definition) is 2. The van der Waals surface area contributed by atoms with Gasteiger partial charge in [-0.25, -0.2) is 0 Å². The second-order valence-corrected chi connectivity index (χ2v) is 6.23. The van der Waals surface area contributed by atoms with Crippen molar-refractivity contribution in [3.05, 3.63) is 31.1 Å². The quantitative estimate of drug-likeness (QED) is 0.848. The Morgan fingerprint density at radius 2 is 2.47 bits per heavy atom. The van der Waals surface area contributed by atoms with Gasteiger partial charge in [-0.05, 0) is 19.1 Å². The van der Waals surface area contributed by atoms with Crippen LogP contribution in [0.1, 0.15) is 15.4 Å². The highest BCUT2D eigenvalue weighted by Gasteiger charge is 2.08. The second kappa shape index (κ2) is 5.52. The molecule has 2 aromatic heterocycles. The molecule has 2 N–H and O–H groups in total. The molecule has 0 bridgehead atoms. The maximum absolute atomic E-state index is 11.7. The van der Waals surface area contributed by atoms with E-state index in [0.29, 0.717) is 16.9 Å². The first-order valence-corrected chi connectivity index (χ1v) is 7.08. The number of rotatable bonds is 4. The fourth-order valence-electron chi connectivity index (χ4n) is 1.33. The van der Waals surface area contributed by atoms with E-state index in [0.717, 1.165) is 15.4 Å². The van der Waals surface area contributed by atoms with Crippen LogP contribution >= 0.6 is 34.9 Å². The van der Waals surface area contributed by atoms with Crippen molar-refractivity contribution in [1.82, 2.24) is 15.3 Å². The summed E-state index contributed by atoms with van der Waals surface area (Å²) in [5, 5.41) is 2.86. The molecule has 0 unspecified atom stereocenters. The van der Waals surface area contributed by atoms with Crippen LogP contribution in [0.15, 0.2) is 11.7 Å². The van der Waals surface area contributed by atoms with E-state index in [-0.39, 0.29) is 5.91 Å². The van der Waals surface area contributed by atoms with Gasteiger partial charge < -0.3 is 10.3 Å². The Labute approximate surface area is 112 Å². The molecule has 7 heteroatoms. The zero-order valence-corrected chi connectivity index (χ0v) is 11.6. The summed E-state index contributed by atoms with van der Waals surface area (Å²) in [6.45, 7) is 2.47. The van der Waals surface area contributed by atoms with Crippen molar-refractivity contribution in [3.8, 4) is 0 Å². The minimum absolute atomic E-state index is 0.00625. The van der Waals surface area contributed by atoms with Crippen molar-refractivity contribution in [2.75, 3.05) is 0 Å². The maximum atomic E-state index is 11.7. The summed E-state index contributed by atoms with van der Waals surface area (Å²) in [4.78, 5) is 20.7. The lowest BCUT2D eigenvalue weighted by Gasteiger charge is -2.02. The number of H-pyrrole nitrogens is 1. The fraction of sp³-hybridized carbons (Fsp3) is 0.300. The summed E-state index contributed by atoms with van der Waals surface area (Å²) in [5.74, 6) is 0.00625. The molecular weight excluding hydrogens is 274 g/mol. The molecule has 1 amide bonds. The minimum atomic E-state index is 0.00625. The molecule has 0 aliphatic rings. The van der Waals surface area contributed by atoms with Crippen LogP contribution < -0.4 is 5.32 Å². The monoisotopic (exact) mass is 285 g/mol. The lowest BCUT2D eigenvalue weighted by molar-refractivity contribution is -0.120. The summed E-state index contributed by atoms with van der Waals surface area (Å²) in [7, 11) is 0. The third-order valence-electron chi connectivity index (χ3n) is 2.19. The van der Waals surface area contributed by atoms with E-state index in [1.807, 2.05) is 6.92 Å². The molecule has 90 valence electrons. The van der Waals surface area contributed by atoms with Gasteiger partial charge in [0.05, 0.1) is 18.5 Å². The van der Waals surface area contributed by atoms with Gasteiger partial charge in [0.2, 0.25) is 5.91 Å². The number of aromatic nitrogens is 2. The average Bonchev–Trinajstić information content (AvgIpc) is 2.87. The van der Waals surface area contributed by atoms with Gasteiger partial charge in [-0.15, -0.1) is 22.7 Å². The predicted octanol–water partition coefficient (Wildman–Crippen LogP) is 2.43. The van der Waals surface area contributed by atoms with Crippen LogP contribution in [0.4, 0.5) is 0 Å². The molecule has 0 spiro atoms. The number of nitrogens with zero attached hydrogens (tertiary/aromatic N) is 1. The molecule has 0 atom stereocenters.